The van der Waals surface area contributed by atoms with E-state index >= 15 is 0 Å². The number of aromatic amines is 1. The van der Waals surface area contributed by atoms with Gasteiger partial charge in [-0.2, -0.15) is 0 Å². The lowest BCUT2D eigenvalue weighted by atomic mass is 9.93. The molecule has 0 amide bonds. The molecule has 2 rings (SSSR count). The van der Waals surface area contributed by atoms with Crippen molar-refractivity contribution in [2.75, 3.05) is 0 Å². The number of nitrogens with one attached hydrogen (secondary N) is 2. The van der Waals surface area contributed by atoms with Crippen LogP contribution in [-0.4, -0.2) is 30.5 Å². The van der Waals surface area contributed by atoms with Crippen molar-refractivity contribution in [3.8, 4) is 0 Å². The van der Waals surface area contributed by atoms with Crippen molar-refractivity contribution in [3.63, 3.8) is 0 Å². The van der Waals surface area contributed by atoms with Crippen LogP contribution in [0.15, 0.2) is 17.6 Å². The van der Waals surface area contributed by atoms with Crippen molar-refractivity contribution >= 4 is 10.0 Å². The molecule has 1 aliphatic rings. The molecule has 1 heterocycles. The summed E-state index contributed by atoms with van der Waals surface area (Å²) in [6, 6.07) is 0.209. The summed E-state index contributed by atoms with van der Waals surface area (Å²) < 4.78 is 26.3. The van der Waals surface area contributed by atoms with Crippen molar-refractivity contribution in [3.05, 3.63) is 12.5 Å². The number of imidazole rings is 1. The van der Waals surface area contributed by atoms with Gasteiger partial charge in [-0.15, -0.1) is 0 Å². The van der Waals surface area contributed by atoms with Crippen molar-refractivity contribution in [1.29, 1.82) is 0 Å². The molecular formula is C9H16N4O2S. The molecule has 1 aromatic heterocycles. The monoisotopic (exact) mass is 244 g/mol. The number of H-pyrrole nitrogens is 1. The van der Waals surface area contributed by atoms with Crippen molar-refractivity contribution in [2.24, 2.45) is 5.73 Å². The van der Waals surface area contributed by atoms with E-state index in [0.29, 0.717) is 0 Å². The smallest absolute Gasteiger partial charge is 0.257 e. The number of aromatic nitrogens is 2. The fourth-order valence-electron chi connectivity index (χ4n) is 1.91. The molecule has 0 atom stereocenters. The first-order chi connectivity index (χ1) is 7.58. The fraction of sp³-hybridized carbons (Fsp3) is 0.667. The zero-order valence-corrected chi connectivity index (χ0v) is 9.70. The molecule has 0 spiro atoms. The normalized spacial score (nSPS) is 26.8. The highest BCUT2D eigenvalue weighted by molar-refractivity contribution is 7.89. The van der Waals surface area contributed by atoms with E-state index in [1.54, 1.807) is 0 Å². The van der Waals surface area contributed by atoms with E-state index in [-0.39, 0.29) is 17.1 Å². The molecule has 0 saturated heterocycles. The number of hydrogen-bond donors (Lipinski definition) is 3. The summed E-state index contributed by atoms with van der Waals surface area (Å²) in [5, 5.41) is 0.113. The predicted molar refractivity (Wildman–Crippen MR) is 59.1 cm³/mol. The third kappa shape index (κ3) is 2.60. The van der Waals surface area contributed by atoms with E-state index in [2.05, 4.69) is 14.7 Å². The topological polar surface area (TPSA) is 101 Å². The number of hydrogen-bond acceptors (Lipinski definition) is 4. The number of nitrogens with zero attached hydrogens (tertiary/aromatic N) is 1. The van der Waals surface area contributed by atoms with E-state index in [0.717, 1.165) is 25.7 Å². The molecule has 0 aromatic carbocycles. The SMILES string of the molecule is NC1CCC(NS(=O)(=O)c2cnc[nH]2)CC1. The lowest BCUT2D eigenvalue weighted by Crippen LogP contribution is -2.40. The summed E-state index contributed by atoms with van der Waals surface area (Å²) in [6.07, 6.45) is 6.00. The third-order valence-electron chi connectivity index (χ3n) is 2.86. The van der Waals surface area contributed by atoms with Gasteiger partial charge in [0.2, 0.25) is 0 Å². The van der Waals surface area contributed by atoms with Gasteiger partial charge in [0.15, 0.2) is 5.03 Å². The Kier molecular flexibility index (Phi) is 3.27. The Hall–Kier alpha value is -0.920. The van der Waals surface area contributed by atoms with E-state index in [1.807, 2.05) is 0 Å². The molecule has 0 radical (unpaired) electrons. The van der Waals surface area contributed by atoms with Crippen LogP contribution >= 0.6 is 0 Å². The number of rotatable bonds is 3. The Balaban J connectivity index is 2.00. The predicted octanol–water partition coefficient (Wildman–Crippen LogP) is -0.0421. The maximum atomic E-state index is 11.8. The Morgan fingerprint density at radius 3 is 2.62 bits per heavy atom. The standard InChI is InChI=1S/C9H16N4O2S/c10-7-1-3-8(4-2-7)13-16(14,15)9-5-11-6-12-9/h5-8,13H,1-4,10H2,(H,11,12). The highest BCUT2D eigenvalue weighted by Gasteiger charge is 2.24. The summed E-state index contributed by atoms with van der Waals surface area (Å²) >= 11 is 0. The molecule has 4 N–H and O–H groups in total. The lowest BCUT2D eigenvalue weighted by molar-refractivity contribution is 0.373. The summed E-state index contributed by atoms with van der Waals surface area (Å²) in [7, 11) is -3.44. The summed E-state index contributed by atoms with van der Waals surface area (Å²) in [5.74, 6) is 0. The molecule has 0 aliphatic heterocycles. The minimum atomic E-state index is -3.44. The van der Waals surface area contributed by atoms with Crippen molar-refractivity contribution < 1.29 is 8.42 Å². The fourth-order valence-corrected chi connectivity index (χ4v) is 3.12. The molecule has 7 heteroatoms. The minimum Gasteiger partial charge on any atom is -0.335 e. The van der Waals surface area contributed by atoms with E-state index in [1.165, 1.54) is 12.5 Å². The molecule has 1 aromatic rings. The molecule has 0 unspecified atom stereocenters. The zero-order valence-electron chi connectivity index (χ0n) is 8.89. The minimum absolute atomic E-state index is 0.00639. The van der Waals surface area contributed by atoms with Gasteiger partial charge in [0.1, 0.15) is 0 Å². The van der Waals surface area contributed by atoms with Crippen LogP contribution < -0.4 is 10.5 Å². The molecule has 16 heavy (non-hydrogen) atoms. The van der Waals surface area contributed by atoms with Crippen LogP contribution in [0.5, 0.6) is 0 Å². The lowest BCUT2D eigenvalue weighted by Gasteiger charge is -2.26. The Morgan fingerprint density at radius 2 is 2.06 bits per heavy atom. The van der Waals surface area contributed by atoms with Crippen LogP contribution in [0.4, 0.5) is 0 Å². The van der Waals surface area contributed by atoms with Gasteiger partial charge in [-0.05, 0) is 25.7 Å². The van der Waals surface area contributed by atoms with E-state index in [4.69, 9.17) is 5.73 Å². The molecule has 1 aliphatic carbocycles. The average Bonchev–Trinajstić information content (AvgIpc) is 2.75. The van der Waals surface area contributed by atoms with Gasteiger partial charge < -0.3 is 10.7 Å². The highest BCUT2D eigenvalue weighted by atomic mass is 32.2. The van der Waals surface area contributed by atoms with Crippen LogP contribution in [0.1, 0.15) is 25.7 Å². The van der Waals surface area contributed by atoms with Crippen LogP contribution in [0.3, 0.4) is 0 Å². The second-order valence-electron chi connectivity index (χ2n) is 4.15. The maximum Gasteiger partial charge on any atom is 0.257 e. The Labute approximate surface area is 94.7 Å². The van der Waals surface area contributed by atoms with Gasteiger partial charge >= 0.3 is 0 Å². The van der Waals surface area contributed by atoms with Gasteiger partial charge in [-0.3, -0.25) is 0 Å². The van der Waals surface area contributed by atoms with Crippen molar-refractivity contribution in [1.82, 2.24) is 14.7 Å². The molecule has 0 bridgehead atoms. The highest BCUT2D eigenvalue weighted by Crippen LogP contribution is 2.18. The quantitative estimate of drug-likeness (QED) is 0.694. The first kappa shape index (κ1) is 11.6. The summed E-state index contributed by atoms with van der Waals surface area (Å²) in [4.78, 5) is 6.29. The Bertz CT molecular complexity index is 420. The summed E-state index contributed by atoms with van der Waals surface area (Å²) in [5.41, 5.74) is 5.76. The molecule has 90 valence electrons. The zero-order chi connectivity index (χ0) is 11.6. The molecule has 6 nitrogen and oxygen atoms in total. The average molecular weight is 244 g/mol. The number of sulfonamides is 1. The second-order valence-corrected chi connectivity index (χ2v) is 5.83. The van der Waals surface area contributed by atoms with Crippen LogP contribution in [0, 0.1) is 0 Å². The maximum absolute atomic E-state index is 11.8. The van der Waals surface area contributed by atoms with Crippen molar-refractivity contribution in [2.45, 2.75) is 42.8 Å². The van der Waals surface area contributed by atoms with E-state index in [9.17, 15) is 8.42 Å². The summed E-state index contributed by atoms with van der Waals surface area (Å²) in [6.45, 7) is 0. The van der Waals surface area contributed by atoms with E-state index < -0.39 is 10.0 Å². The van der Waals surface area contributed by atoms with Crippen LogP contribution in [0.25, 0.3) is 0 Å². The van der Waals surface area contributed by atoms with Gasteiger partial charge in [0, 0.05) is 12.1 Å². The molecule has 1 saturated carbocycles. The largest absolute Gasteiger partial charge is 0.335 e. The van der Waals surface area contributed by atoms with Crippen LogP contribution in [0.2, 0.25) is 0 Å². The van der Waals surface area contributed by atoms with Gasteiger partial charge in [0.05, 0.1) is 12.5 Å². The number of nitrogens with two attached hydrogens (primary N) is 1. The first-order valence-corrected chi connectivity index (χ1v) is 6.82. The molecular weight excluding hydrogens is 228 g/mol. The van der Waals surface area contributed by atoms with Gasteiger partial charge in [-0.1, -0.05) is 0 Å². The van der Waals surface area contributed by atoms with Crippen LogP contribution in [-0.2, 0) is 10.0 Å². The van der Waals surface area contributed by atoms with Gasteiger partial charge in [0.25, 0.3) is 10.0 Å². The molecule has 1 fully saturated rings. The first-order valence-electron chi connectivity index (χ1n) is 5.34. The van der Waals surface area contributed by atoms with Gasteiger partial charge in [-0.25, -0.2) is 18.1 Å². The second kappa shape index (κ2) is 4.52. The Morgan fingerprint density at radius 1 is 1.38 bits per heavy atom. The third-order valence-corrected chi connectivity index (χ3v) is 4.30.